The summed E-state index contributed by atoms with van der Waals surface area (Å²) in [6.45, 7) is 7.28. The molecule has 2 aliphatic rings. The number of hydrogen-bond acceptors (Lipinski definition) is 4. The first-order valence-corrected chi connectivity index (χ1v) is 6.95. The molecule has 3 atom stereocenters. The van der Waals surface area contributed by atoms with E-state index in [0.717, 1.165) is 39.2 Å². The van der Waals surface area contributed by atoms with Gasteiger partial charge in [0.2, 0.25) is 0 Å². The van der Waals surface area contributed by atoms with Gasteiger partial charge < -0.3 is 14.8 Å². The van der Waals surface area contributed by atoms with Crippen LogP contribution in [0.25, 0.3) is 0 Å². The summed E-state index contributed by atoms with van der Waals surface area (Å²) in [5, 5.41) is 3.19. The molecule has 1 N–H and O–H groups in total. The smallest absolute Gasteiger partial charge is 0.0707 e. The molecule has 2 rings (SSSR count). The monoisotopic (exact) mass is 242 g/mol. The topological polar surface area (TPSA) is 33.7 Å². The molecule has 0 saturated carbocycles. The fourth-order valence-electron chi connectivity index (χ4n) is 2.77. The van der Waals surface area contributed by atoms with E-state index in [1.54, 1.807) is 0 Å². The van der Waals surface area contributed by atoms with Crippen molar-refractivity contribution in [3.05, 3.63) is 0 Å². The second-order valence-corrected chi connectivity index (χ2v) is 5.18. The normalized spacial score (nSPS) is 35.3. The van der Waals surface area contributed by atoms with E-state index in [0.29, 0.717) is 18.3 Å². The van der Waals surface area contributed by atoms with Gasteiger partial charge in [0, 0.05) is 26.2 Å². The van der Waals surface area contributed by atoms with Crippen molar-refractivity contribution in [3.63, 3.8) is 0 Å². The Bertz CT molecular complexity index is 225. The Kier molecular flexibility index (Phi) is 5.22. The zero-order valence-corrected chi connectivity index (χ0v) is 11.2. The van der Waals surface area contributed by atoms with E-state index in [1.165, 1.54) is 12.8 Å². The molecule has 0 aromatic rings. The molecule has 4 nitrogen and oxygen atoms in total. The Labute approximate surface area is 105 Å². The molecule has 0 aliphatic carbocycles. The van der Waals surface area contributed by atoms with E-state index in [9.17, 15) is 0 Å². The summed E-state index contributed by atoms with van der Waals surface area (Å²) in [6.07, 6.45) is 4.81. The number of morpholine rings is 1. The van der Waals surface area contributed by atoms with Crippen LogP contribution in [-0.2, 0) is 9.47 Å². The van der Waals surface area contributed by atoms with Crippen LogP contribution in [-0.4, -0.2) is 63.0 Å². The lowest BCUT2D eigenvalue weighted by Crippen LogP contribution is -2.45. The summed E-state index contributed by atoms with van der Waals surface area (Å²) in [5.74, 6) is 0. The van der Waals surface area contributed by atoms with Crippen LogP contribution in [0.5, 0.6) is 0 Å². The Morgan fingerprint density at radius 1 is 1.24 bits per heavy atom. The first-order chi connectivity index (χ1) is 8.31. The van der Waals surface area contributed by atoms with Crippen LogP contribution >= 0.6 is 0 Å². The fourth-order valence-corrected chi connectivity index (χ4v) is 2.77. The van der Waals surface area contributed by atoms with Crippen molar-refractivity contribution < 1.29 is 9.47 Å². The minimum Gasteiger partial charge on any atom is -0.376 e. The summed E-state index contributed by atoms with van der Waals surface area (Å²) in [5.41, 5.74) is 0. The van der Waals surface area contributed by atoms with Crippen LogP contribution < -0.4 is 5.32 Å². The quantitative estimate of drug-likeness (QED) is 0.775. The molecule has 100 valence electrons. The third-order valence-electron chi connectivity index (χ3n) is 3.77. The number of nitrogens with zero attached hydrogens (tertiary/aromatic N) is 1. The van der Waals surface area contributed by atoms with Crippen LogP contribution in [0.4, 0.5) is 0 Å². The molecule has 0 radical (unpaired) electrons. The lowest BCUT2D eigenvalue weighted by Gasteiger charge is -2.33. The highest BCUT2D eigenvalue weighted by Gasteiger charge is 2.28. The van der Waals surface area contributed by atoms with Gasteiger partial charge in [0.15, 0.2) is 0 Å². The Hall–Kier alpha value is -0.160. The van der Waals surface area contributed by atoms with Crippen molar-refractivity contribution in [3.8, 4) is 0 Å². The predicted octanol–water partition coefficient (Wildman–Crippen LogP) is 0.864. The van der Waals surface area contributed by atoms with Gasteiger partial charge in [0.25, 0.3) is 0 Å². The van der Waals surface area contributed by atoms with Crippen LogP contribution in [0.15, 0.2) is 0 Å². The number of hydrogen-bond donors (Lipinski definition) is 1. The molecule has 0 amide bonds. The fraction of sp³-hybridized carbons (Fsp3) is 1.00. The van der Waals surface area contributed by atoms with E-state index in [-0.39, 0.29) is 0 Å². The Morgan fingerprint density at radius 2 is 2.06 bits per heavy atom. The van der Waals surface area contributed by atoms with E-state index in [4.69, 9.17) is 9.47 Å². The molecule has 2 fully saturated rings. The third kappa shape index (κ3) is 3.91. The third-order valence-corrected chi connectivity index (χ3v) is 3.77. The summed E-state index contributed by atoms with van der Waals surface area (Å²) < 4.78 is 11.7. The first-order valence-electron chi connectivity index (χ1n) is 6.95. The van der Waals surface area contributed by atoms with Gasteiger partial charge in [-0.05, 0) is 26.3 Å². The van der Waals surface area contributed by atoms with Gasteiger partial charge in [-0.3, -0.25) is 4.90 Å². The molecule has 0 bridgehead atoms. The molecule has 2 aliphatic heterocycles. The van der Waals surface area contributed by atoms with Gasteiger partial charge in [-0.15, -0.1) is 0 Å². The van der Waals surface area contributed by atoms with Gasteiger partial charge in [-0.1, -0.05) is 6.92 Å². The maximum Gasteiger partial charge on any atom is 0.0707 e. The molecular weight excluding hydrogens is 216 g/mol. The minimum absolute atomic E-state index is 0.424. The summed E-state index contributed by atoms with van der Waals surface area (Å²) in [7, 11) is 1.99. The average Bonchev–Trinajstić information content (AvgIpc) is 2.77. The zero-order chi connectivity index (χ0) is 12.1. The molecule has 2 heterocycles. The van der Waals surface area contributed by atoms with Gasteiger partial charge in [-0.2, -0.15) is 0 Å². The van der Waals surface area contributed by atoms with E-state index in [2.05, 4.69) is 17.1 Å². The first kappa shape index (κ1) is 13.3. The summed E-state index contributed by atoms with van der Waals surface area (Å²) in [4.78, 5) is 2.50. The van der Waals surface area contributed by atoms with Crippen LogP contribution in [0.2, 0.25) is 0 Å². The SMILES string of the molecule is CCC1CN(CC2CCC(CNC)O2)CCO1. The van der Waals surface area contributed by atoms with Crippen molar-refractivity contribution in [2.24, 2.45) is 0 Å². The number of ether oxygens (including phenoxy) is 2. The van der Waals surface area contributed by atoms with E-state index < -0.39 is 0 Å². The summed E-state index contributed by atoms with van der Waals surface area (Å²) in [6, 6.07) is 0. The molecule has 0 spiro atoms. The van der Waals surface area contributed by atoms with Gasteiger partial charge >= 0.3 is 0 Å². The molecular formula is C13H26N2O2. The molecule has 0 aromatic heterocycles. The molecule has 2 saturated heterocycles. The standard InChI is InChI=1S/C13H26N2O2/c1-3-11-9-15(6-7-16-11)10-13-5-4-12(17-13)8-14-2/h11-14H,3-10H2,1-2H3. The second-order valence-electron chi connectivity index (χ2n) is 5.18. The van der Waals surface area contributed by atoms with Crippen LogP contribution in [0.3, 0.4) is 0 Å². The molecule has 0 aromatic carbocycles. The predicted molar refractivity (Wildman–Crippen MR) is 68.3 cm³/mol. The number of likely N-dealkylation sites (N-methyl/N-ethyl adjacent to an activating group) is 1. The molecule has 4 heteroatoms. The number of nitrogens with one attached hydrogen (secondary N) is 1. The van der Waals surface area contributed by atoms with Crippen molar-refractivity contribution in [2.45, 2.75) is 44.5 Å². The number of rotatable bonds is 5. The lowest BCUT2D eigenvalue weighted by molar-refractivity contribution is -0.0502. The highest BCUT2D eigenvalue weighted by molar-refractivity contribution is 4.80. The molecule has 3 unspecified atom stereocenters. The molecule has 17 heavy (non-hydrogen) atoms. The van der Waals surface area contributed by atoms with Gasteiger partial charge in [-0.25, -0.2) is 0 Å². The lowest BCUT2D eigenvalue weighted by atomic mass is 10.1. The highest BCUT2D eigenvalue weighted by atomic mass is 16.5. The second kappa shape index (κ2) is 6.69. The van der Waals surface area contributed by atoms with Crippen LogP contribution in [0.1, 0.15) is 26.2 Å². The average molecular weight is 242 g/mol. The van der Waals surface area contributed by atoms with Crippen molar-refractivity contribution in [1.29, 1.82) is 0 Å². The van der Waals surface area contributed by atoms with Crippen molar-refractivity contribution in [1.82, 2.24) is 10.2 Å². The Balaban J connectivity index is 1.70. The van der Waals surface area contributed by atoms with Gasteiger partial charge in [0.05, 0.1) is 24.9 Å². The van der Waals surface area contributed by atoms with E-state index >= 15 is 0 Å². The Morgan fingerprint density at radius 3 is 2.82 bits per heavy atom. The zero-order valence-electron chi connectivity index (χ0n) is 11.2. The van der Waals surface area contributed by atoms with Crippen molar-refractivity contribution >= 4 is 0 Å². The van der Waals surface area contributed by atoms with Gasteiger partial charge in [0.1, 0.15) is 0 Å². The highest BCUT2D eigenvalue weighted by Crippen LogP contribution is 2.21. The maximum atomic E-state index is 6.03. The van der Waals surface area contributed by atoms with E-state index in [1.807, 2.05) is 7.05 Å². The maximum absolute atomic E-state index is 6.03. The largest absolute Gasteiger partial charge is 0.376 e. The van der Waals surface area contributed by atoms with Crippen LogP contribution in [0, 0.1) is 0 Å². The summed E-state index contributed by atoms with van der Waals surface area (Å²) >= 11 is 0. The minimum atomic E-state index is 0.424. The van der Waals surface area contributed by atoms with Crippen molar-refractivity contribution in [2.75, 3.05) is 39.8 Å².